The minimum Gasteiger partial charge on any atom is -0.497 e. The Morgan fingerprint density at radius 1 is 1.41 bits per heavy atom. The number of halogens is 1. The van der Waals surface area contributed by atoms with Crippen LogP contribution in [-0.2, 0) is 0 Å². The van der Waals surface area contributed by atoms with Crippen LogP contribution in [0.15, 0.2) is 24.3 Å². The minimum atomic E-state index is -0.363. The summed E-state index contributed by atoms with van der Waals surface area (Å²) in [7, 11) is 1.59. The van der Waals surface area contributed by atoms with Crippen LogP contribution in [-0.4, -0.2) is 24.4 Å². The van der Waals surface area contributed by atoms with Gasteiger partial charge in [-0.05, 0) is 37.6 Å². The molecule has 1 atom stereocenters. The van der Waals surface area contributed by atoms with Gasteiger partial charge < -0.3 is 10.1 Å². The summed E-state index contributed by atoms with van der Waals surface area (Å²) in [5.41, 5.74) is 0.244. The summed E-state index contributed by atoms with van der Waals surface area (Å²) in [5.74, 6) is 1.01. The van der Waals surface area contributed by atoms with Crippen molar-refractivity contribution in [3.8, 4) is 5.75 Å². The predicted octanol–water partition coefficient (Wildman–Crippen LogP) is 2.83. The number of alkyl halides is 1. The first-order valence-corrected chi connectivity index (χ1v) is 6.10. The molecule has 0 radical (unpaired) electrons. The first kappa shape index (κ1) is 13.8. The largest absolute Gasteiger partial charge is 0.497 e. The molecule has 4 heteroatoms. The highest BCUT2D eigenvalue weighted by atomic mass is 35.5. The highest BCUT2D eigenvalue weighted by molar-refractivity contribution is 6.18. The van der Waals surface area contributed by atoms with Crippen LogP contribution < -0.4 is 10.1 Å². The third kappa shape index (κ3) is 3.63. The molecule has 0 spiro atoms. The fraction of sp³-hybridized carbons (Fsp3) is 0.462. The van der Waals surface area contributed by atoms with Gasteiger partial charge in [-0.15, -0.1) is 11.6 Å². The number of rotatable bonds is 5. The Labute approximate surface area is 107 Å². The Balaban J connectivity index is 2.75. The smallest absolute Gasteiger partial charge is 0.251 e. The molecule has 0 aliphatic carbocycles. The van der Waals surface area contributed by atoms with E-state index in [9.17, 15) is 4.79 Å². The molecular weight excluding hydrogens is 238 g/mol. The zero-order valence-electron chi connectivity index (χ0n) is 10.4. The molecular formula is C13H18ClNO2. The van der Waals surface area contributed by atoms with Crippen molar-refractivity contribution in [2.45, 2.75) is 25.8 Å². The summed E-state index contributed by atoms with van der Waals surface area (Å²) in [6, 6.07) is 6.99. The average Bonchev–Trinajstić information content (AvgIpc) is 2.38. The van der Waals surface area contributed by atoms with Crippen molar-refractivity contribution in [3.63, 3.8) is 0 Å². The molecule has 0 bridgehead atoms. The normalized spacial score (nSPS) is 13.9. The molecule has 17 heavy (non-hydrogen) atoms. The van der Waals surface area contributed by atoms with Crippen LogP contribution >= 0.6 is 11.6 Å². The van der Waals surface area contributed by atoms with Crippen LogP contribution in [0.3, 0.4) is 0 Å². The lowest BCUT2D eigenvalue weighted by Gasteiger charge is -2.27. The van der Waals surface area contributed by atoms with Gasteiger partial charge in [0.25, 0.3) is 5.91 Å². The summed E-state index contributed by atoms with van der Waals surface area (Å²) in [4.78, 5) is 12.0. The Hall–Kier alpha value is -1.22. The van der Waals surface area contributed by atoms with E-state index in [2.05, 4.69) is 5.32 Å². The Bertz CT molecular complexity index is 372. The van der Waals surface area contributed by atoms with Crippen LogP contribution in [0.2, 0.25) is 0 Å². The van der Waals surface area contributed by atoms with Crippen molar-refractivity contribution in [1.29, 1.82) is 0 Å². The SMILES string of the molecule is CCC(C)(CCl)NC(=O)c1ccc(OC)cc1. The first-order valence-electron chi connectivity index (χ1n) is 5.57. The zero-order valence-corrected chi connectivity index (χ0v) is 11.2. The number of hydrogen-bond donors (Lipinski definition) is 1. The second kappa shape index (κ2) is 5.92. The molecule has 0 aliphatic heterocycles. The second-order valence-corrected chi connectivity index (χ2v) is 4.50. The third-order valence-corrected chi connectivity index (χ3v) is 3.43. The number of benzene rings is 1. The van der Waals surface area contributed by atoms with Gasteiger partial charge in [0.15, 0.2) is 0 Å². The van der Waals surface area contributed by atoms with Gasteiger partial charge in [-0.3, -0.25) is 4.79 Å². The minimum absolute atomic E-state index is 0.113. The summed E-state index contributed by atoms with van der Waals surface area (Å²) in [5, 5.41) is 2.93. The maximum atomic E-state index is 12.0. The molecule has 0 fully saturated rings. The number of nitrogens with one attached hydrogen (secondary N) is 1. The molecule has 0 heterocycles. The monoisotopic (exact) mass is 255 g/mol. The summed E-state index contributed by atoms with van der Waals surface area (Å²) in [6.07, 6.45) is 0.790. The van der Waals surface area contributed by atoms with Gasteiger partial charge in [-0.2, -0.15) is 0 Å². The van der Waals surface area contributed by atoms with E-state index in [-0.39, 0.29) is 11.4 Å². The molecule has 0 saturated heterocycles. The van der Waals surface area contributed by atoms with Crippen molar-refractivity contribution in [3.05, 3.63) is 29.8 Å². The number of carbonyl (C=O) groups is 1. The predicted molar refractivity (Wildman–Crippen MR) is 69.9 cm³/mol. The number of carbonyl (C=O) groups excluding carboxylic acids is 1. The van der Waals surface area contributed by atoms with Crippen LogP contribution in [0.4, 0.5) is 0 Å². The van der Waals surface area contributed by atoms with E-state index in [1.165, 1.54) is 0 Å². The third-order valence-electron chi connectivity index (χ3n) is 2.84. The van der Waals surface area contributed by atoms with E-state index < -0.39 is 0 Å². The van der Waals surface area contributed by atoms with Gasteiger partial charge >= 0.3 is 0 Å². The molecule has 1 unspecified atom stereocenters. The number of amides is 1. The quantitative estimate of drug-likeness (QED) is 0.822. The second-order valence-electron chi connectivity index (χ2n) is 4.23. The van der Waals surface area contributed by atoms with E-state index in [4.69, 9.17) is 16.3 Å². The highest BCUT2D eigenvalue weighted by Gasteiger charge is 2.23. The topological polar surface area (TPSA) is 38.3 Å². The van der Waals surface area contributed by atoms with Gasteiger partial charge in [0, 0.05) is 11.4 Å². The Morgan fingerprint density at radius 2 is 2.00 bits per heavy atom. The molecule has 94 valence electrons. The lowest BCUT2D eigenvalue weighted by molar-refractivity contribution is 0.0912. The lowest BCUT2D eigenvalue weighted by atomic mass is 10.0. The van der Waals surface area contributed by atoms with Crippen molar-refractivity contribution < 1.29 is 9.53 Å². The van der Waals surface area contributed by atoms with Crippen LogP contribution in [0.25, 0.3) is 0 Å². The van der Waals surface area contributed by atoms with Crippen molar-refractivity contribution in [2.75, 3.05) is 13.0 Å². The van der Waals surface area contributed by atoms with Gasteiger partial charge in [-0.1, -0.05) is 6.92 Å². The van der Waals surface area contributed by atoms with Crippen molar-refractivity contribution >= 4 is 17.5 Å². The standard InChI is InChI=1S/C13H18ClNO2/c1-4-13(2,9-14)15-12(16)10-5-7-11(17-3)8-6-10/h5-8H,4,9H2,1-3H3,(H,15,16). The number of hydrogen-bond acceptors (Lipinski definition) is 2. The van der Waals surface area contributed by atoms with Gasteiger partial charge in [0.2, 0.25) is 0 Å². The summed E-state index contributed by atoms with van der Waals surface area (Å²) >= 11 is 5.85. The molecule has 1 aromatic rings. The van der Waals surface area contributed by atoms with E-state index in [0.717, 1.165) is 12.2 Å². The molecule has 1 rings (SSSR count). The molecule has 0 saturated carbocycles. The van der Waals surface area contributed by atoms with Gasteiger partial charge in [-0.25, -0.2) is 0 Å². The summed E-state index contributed by atoms with van der Waals surface area (Å²) < 4.78 is 5.04. The fourth-order valence-corrected chi connectivity index (χ4v) is 1.56. The number of methoxy groups -OCH3 is 1. The Morgan fingerprint density at radius 3 is 2.41 bits per heavy atom. The first-order chi connectivity index (χ1) is 8.04. The molecule has 1 amide bonds. The van der Waals surface area contributed by atoms with Crippen molar-refractivity contribution in [1.82, 2.24) is 5.32 Å². The number of ether oxygens (including phenoxy) is 1. The van der Waals surface area contributed by atoms with Crippen LogP contribution in [0.5, 0.6) is 5.75 Å². The van der Waals surface area contributed by atoms with E-state index in [1.807, 2.05) is 13.8 Å². The van der Waals surface area contributed by atoms with Gasteiger partial charge in [0.1, 0.15) is 5.75 Å². The van der Waals surface area contributed by atoms with Crippen molar-refractivity contribution in [2.24, 2.45) is 0 Å². The lowest BCUT2D eigenvalue weighted by Crippen LogP contribution is -2.47. The average molecular weight is 256 g/mol. The molecule has 3 nitrogen and oxygen atoms in total. The van der Waals surface area contributed by atoms with E-state index in [0.29, 0.717) is 11.4 Å². The van der Waals surface area contributed by atoms with Gasteiger partial charge in [0.05, 0.1) is 12.6 Å². The highest BCUT2D eigenvalue weighted by Crippen LogP contribution is 2.15. The van der Waals surface area contributed by atoms with E-state index in [1.54, 1.807) is 31.4 Å². The Kier molecular flexibility index (Phi) is 4.82. The maximum absolute atomic E-state index is 12.0. The maximum Gasteiger partial charge on any atom is 0.251 e. The molecule has 1 N–H and O–H groups in total. The molecule has 0 aromatic heterocycles. The van der Waals surface area contributed by atoms with Crippen LogP contribution in [0.1, 0.15) is 30.6 Å². The summed E-state index contributed by atoms with van der Waals surface area (Å²) in [6.45, 7) is 3.93. The zero-order chi connectivity index (χ0) is 12.9. The van der Waals surface area contributed by atoms with Crippen LogP contribution in [0, 0.1) is 0 Å². The molecule has 0 aliphatic rings. The fourth-order valence-electron chi connectivity index (χ4n) is 1.30. The molecule has 1 aromatic carbocycles. The van der Waals surface area contributed by atoms with E-state index >= 15 is 0 Å².